The second-order valence-electron chi connectivity index (χ2n) is 7.26. The van der Waals surface area contributed by atoms with E-state index >= 15 is 0 Å². The largest absolute Gasteiger partial charge is 0.508 e. The van der Waals surface area contributed by atoms with E-state index in [9.17, 15) is 15.0 Å². The summed E-state index contributed by atoms with van der Waals surface area (Å²) >= 11 is 0. The number of pyridine rings is 1. The lowest BCUT2D eigenvalue weighted by Gasteiger charge is -2.13. The van der Waals surface area contributed by atoms with Crippen molar-refractivity contribution in [2.75, 3.05) is 18.4 Å². The first-order valence-corrected chi connectivity index (χ1v) is 9.98. The molecule has 0 aliphatic heterocycles. The fourth-order valence-electron chi connectivity index (χ4n) is 3.23. The molecule has 0 fully saturated rings. The van der Waals surface area contributed by atoms with Crippen LogP contribution in [0.15, 0.2) is 66.7 Å². The zero-order chi connectivity index (χ0) is 21.3. The van der Waals surface area contributed by atoms with Crippen LogP contribution in [0.2, 0.25) is 0 Å². The molecule has 1 atom stereocenters. The molecule has 0 saturated heterocycles. The smallest absolute Gasteiger partial charge is 0.230 e. The van der Waals surface area contributed by atoms with Crippen molar-refractivity contribution in [2.24, 2.45) is 0 Å². The van der Waals surface area contributed by atoms with Crippen LogP contribution in [0.25, 0.3) is 0 Å². The molecular formula is C24H27N3O3. The zero-order valence-electron chi connectivity index (χ0n) is 17.0. The summed E-state index contributed by atoms with van der Waals surface area (Å²) in [6, 6.07) is 19.9. The van der Waals surface area contributed by atoms with Gasteiger partial charge in [-0.25, -0.2) is 0 Å². The number of nitrogens with one attached hydrogen (secondary N) is 2. The van der Waals surface area contributed by atoms with Gasteiger partial charge in [-0.2, -0.15) is 0 Å². The minimum atomic E-state index is -0.637. The molecule has 3 rings (SSSR count). The molecule has 0 spiro atoms. The summed E-state index contributed by atoms with van der Waals surface area (Å²) in [4.78, 5) is 16.8. The minimum Gasteiger partial charge on any atom is -0.508 e. The fourth-order valence-corrected chi connectivity index (χ4v) is 3.23. The van der Waals surface area contributed by atoms with Gasteiger partial charge in [0.15, 0.2) is 0 Å². The van der Waals surface area contributed by atoms with Gasteiger partial charge in [0.2, 0.25) is 5.91 Å². The number of aromatic nitrogens is 1. The number of hydrogen-bond donors (Lipinski definition) is 4. The first kappa shape index (κ1) is 21.5. The second-order valence-corrected chi connectivity index (χ2v) is 7.26. The van der Waals surface area contributed by atoms with Crippen molar-refractivity contribution in [3.05, 3.63) is 89.2 Å². The third kappa shape index (κ3) is 6.69. The molecule has 6 heteroatoms. The highest BCUT2D eigenvalue weighted by atomic mass is 16.3. The number of amides is 1. The van der Waals surface area contributed by atoms with Gasteiger partial charge in [0.1, 0.15) is 5.75 Å². The molecule has 0 saturated carbocycles. The number of aliphatic hydroxyl groups is 1. The zero-order valence-corrected chi connectivity index (χ0v) is 17.0. The van der Waals surface area contributed by atoms with Crippen molar-refractivity contribution >= 4 is 11.6 Å². The number of phenols is 1. The average molecular weight is 405 g/mol. The number of rotatable bonds is 9. The van der Waals surface area contributed by atoms with Crippen molar-refractivity contribution in [3.8, 4) is 5.75 Å². The molecule has 0 radical (unpaired) electrons. The molecule has 3 aromatic rings. The Morgan fingerprint density at radius 2 is 1.80 bits per heavy atom. The van der Waals surface area contributed by atoms with Crippen molar-refractivity contribution in [3.63, 3.8) is 0 Å². The highest BCUT2D eigenvalue weighted by Gasteiger charge is 2.09. The van der Waals surface area contributed by atoms with E-state index in [0.29, 0.717) is 13.1 Å². The molecule has 156 valence electrons. The number of para-hydroxylation sites is 1. The van der Waals surface area contributed by atoms with Gasteiger partial charge in [-0.05, 0) is 67.4 Å². The van der Waals surface area contributed by atoms with Crippen molar-refractivity contribution in [2.45, 2.75) is 25.9 Å². The standard InChI is InChI=1S/C24H27N3O3/c1-17-13-18(11-12-25-16-23(29)19-7-9-22(28)10-8-19)14-21(26-17)15-24(30)27-20-5-3-2-4-6-20/h2-10,13-14,23,25,28-29H,11-12,15-16H2,1H3,(H,27,30). The molecule has 0 aliphatic carbocycles. The molecule has 30 heavy (non-hydrogen) atoms. The van der Waals surface area contributed by atoms with Gasteiger partial charge in [-0.3, -0.25) is 9.78 Å². The van der Waals surface area contributed by atoms with Crippen molar-refractivity contribution < 1.29 is 15.0 Å². The quantitative estimate of drug-likeness (QED) is 0.410. The first-order chi connectivity index (χ1) is 14.5. The lowest BCUT2D eigenvalue weighted by molar-refractivity contribution is -0.115. The van der Waals surface area contributed by atoms with E-state index in [1.165, 1.54) is 0 Å². The Kier molecular flexibility index (Phi) is 7.54. The maximum absolute atomic E-state index is 12.3. The number of benzene rings is 2. The maximum Gasteiger partial charge on any atom is 0.230 e. The van der Waals surface area contributed by atoms with Crippen LogP contribution < -0.4 is 10.6 Å². The summed E-state index contributed by atoms with van der Waals surface area (Å²) in [5.74, 6) is 0.0839. The van der Waals surface area contributed by atoms with E-state index in [-0.39, 0.29) is 18.1 Å². The Bertz CT molecular complexity index is 959. The summed E-state index contributed by atoms with van der Waals surface area (Å²) in [6.07, 6.45) is 0.345. The molecular weight excluding hydrogens is 378 g/mol. The van der Waals surface area contributed by atoms with Crippen molar-refractivity contribution in [1.29, 1.82) is 0 Å². The van der Waals surface area contributed by atoms with Gasteiger partial charge in [0.05, 0.1) is 18.2 Å². The molecule has 6 nitrogen and oxygen atoms in total. The number of aryl methyl sites for hydroxylation is 1. The summed E-state index contributed by atoms with van der Waals surface area (Å²) in [6.45, 7) is 3.03. The van der Waals surface area contributed by atoms with Crippen LogP contribution in [0.4, 0.5) is 5.69 Å². The number of hydrogen-bond acceptors (Lipinski definition) is 5. The monoisotopic (exact) mass is 405 g/mol. The lowest BCUT2D eigenvalue weighted by Crippen LogP contribution is -2.24. The van der Waals surface area contributed by atoms with E-state index in [1.54, 1.807) is 24.3 Å². The van der Waals surface area contributed by atoms with Gasteiger partial charge in [0.25, 0.3) is 0 Å². The van der Waals surface area contributed by atoms with E-state index in [1.807, 2.05) is 49.4 Å². The number of carbonyl (C=O) groups is 1. The molecule has 0 bridgehead atoms. The van der Waals surface area contributed by atoms with E-state index < -0.39 is 6.10 Å². The van der Waals surface area contributed by atoms with Crippen LogP contribution in [-0.2, 0) is 17.6 Å². The Morgan fingerprint density at radius 1 is 1.07 bits per heavy atom. The van der Waals surface area contributed by atoms with Gasteiger partial charge in [-0.1, -0.05) is 30.3 Å². The second kappa shape index (κ2) is 10.5. The third-order valence-electron chi connectivity index (χ3n) is 4.67. The molecule has 4 N–H and O–H groups in total. The van der Waals surface area contributed by atoms with Crippen LogP contribution in [0.3, 0.4) is 0 Å². The number of anilines is 1. The number of carbonyl (C=O) groups excluding carboxylic acids is 1. The molecule has 2 aromatic carbocycles. The number of nitrogens with zero attached hydrogens (tertiary/aromatic N) is 1. The Balaban J connectivity index is 1.48. The third-order valence-corrected chi connectivity index (χ3v) is 4.67. The Labute approximate surface area is 176 Å². The lowest BCUT2D eigenvalue weighted by atomic mass is 10.1. The predicted octanol–water partition coefficient (Wildman–Crippen LogP) is 3.14. The minimum absolute atomic E-state index is 0.0969. The van der Waals surface area contributed by atoms with E-state index in [2.05, 4.69) is 15.6 Å². The van der Waals surface area contributed by atoms with E-state index in [4.69, 9.17) is 0 Å². The van der Waals surface area contributed by atoms with Gasteiger partial charge in [-0.15, -0.1) is 0 Å². The predicted molar refractivity (Wildman–Crippen MR) is 117 cm³/mol. The summed E-state index contributed by atoms with van der Waals surface area (Å²) < 4.78 is 0. The van der Waals surface area contributed by atoms with Crippen molar-refractivity contribution in [1.82, 2.24) is 10.3 Å². The normalized spacial score (nSPS) is 11.8. The Hall–Kier alpha value is -3.22. The molecule has 1 unspecified atom stereocenters. The van der Waals surface area contributed by atoms with Gasteiger partial charge in [0, 0.05) is 17.9 Å². The topological polar surface area (TPSA) is 94.5 Å². The summed E-state index contributed by atoms with van der Waals surface area (Å²) in [7, 11) is 0. The summed E-state index contributed by atoms with van der Waals surface area (Å²) in [5.41, 5.74) is 4.23. The van der Waals surface area contributed by atoms with Gasteiger partial charge < -0.3 is 20.8 Å². The molecule has 1 aromatic heterocycles. The highest BCUT2D eigenvalue weighted by Crippen LogP contribution is 2.16. The maximum atomic E-state index is 12.3. The van der Waals surface area contributed by atoms with Crippen LogP contribution >= 0.6 is 0 Å². The SMILES string of the molecule is Cc1cc(CCNCC(O)c2ccc(O)cc2)cc(CC(=O)Nc2ccccc2)n1. The van der Waals surface area contributed by atoms with Crippen LogP contribution in [-0.4, -0.2) is 34.2 Å². The fraction of sp³-hybridized carbons (Fsp3) is 0.250. The molecule has 1 amide bonds. The number of aliphatic hydroxyl groups excluding tert-OH is 1. The number of aromatic hydroxyl groups is 1. The average Bonchev–Trinajstić information content (AvgIpc) is 2.72. The van der Waals surface area contributed by atoms with Crippen LogP contribution in [0.1, 0.15) is 28.6 Å². The molecule has 1 heterocycles. The van der Waals surface area contributed by atoms with Crippen LogP contribution in [0.5, 0.6) is 5.75 Å². The van der Waals surface area contributed by atoms with Gasteiger partial charge >= 0.3 is 0 Å². The summed E-state index contributed by atoms with van der Waals surface area (Å²) in [5, 5.41) is 25.7. The first-order valence-electron chi connectivity index (χ1n) is 9.98. The van der Waals surface area contributed by atoms with Crippen LogP contribution in [0, 0.1) is 6.92 Å². The number of phenolic OH excluding ortho intramolecular Hbond substituents is 1. The molecule has 0 aliphatic rings. The highest BCUT2D eigenvalue weighted by molar-refractivity contribution is 5.91. The Morgan fingerprint density at radius 3 is 2.53 bits per heavy atom. The van der Waals surface area contributed by atoms with E-state index in [0.717, 1.165) is 34.6 Å².